The first-order valence-corrected chi connectivity index (χ1v) is 6.79. The standard InChI is InChI=1S/C14H20N2O2/c17-8-10-1-2-14(10)11-5-13(7-15-6-11)18-9-12-3-4-16-12/h5-7,10,12,14,16-17H,1-4,8-9H2/t10?,12-,14?/m0/s1. The number of pyridine rings is 1. The largest absolute Gasteiger partial charge is 0.490 e. The van der Waals surface area contributed by atoms with E-state index in [1.54, 1.807) is 6.20 Å². The zero-order chi connectivity index (χ0) is 12.4. The molecule has 0 radical (unpaired) electrons. The van der Waals surface area contributed by atoms with Crippen molar-refractivity contribution in [3.63, 3.8) is 0 Å². The van der Waals surface area contributed by atoms with Crippen molar-refractivity contribution in [3.05, 3.63) is 24.0 Å². The van der Waals surface area contributed by atoms with Gasteiger partial charge < -0.3 is 15.2 Å². The molecule has 1 saturated carbocycles. The van der Waals surface area contributed by atoms with Gasteiger partial charge in [-0.05, 0) is 49.3 Å². The highest BCUT2D eigenvalue weighted by molar-refractivity contribution is 5.28. The molecule has 0 bridgehead atoms. The second kappa shape index (κ2) is 5.24. The summed E-state index contributed by atoms with van der Waals surface area (Å²) < 4.78 is 5.75. The zero-order valence-electron chi connectivity index (χ0n) is 10.5. The molecule has 2 N–H and O–H groups in total. The van der Waals surface area contributed by atoms with Gasteiger partial charge in [0.1, 0.15) is 12.4 Å². The number of ether oxygens (including phenoxy) is 1. The summed E-state index contributed by atoms with van der Waals surface area (Å²) in [6.45, 7) is 2.10. The number of hydrogen-bond acceptors (Lipinski definition) is 4. The summed E-state index contributed by atoms with van der Waals surface area (Å²) in [6, 6.07) is 2.58. The van der Waals surface area contributed by atoms with Gasteiger partial charge in [0.2, 0.25) is 0 Å². The van der Waals surface area contributed by atoms with Crippen molar-refractivity contribution in [3.8, 4) is 5.75 Å². The summed E-state index contributed by atoms with van der Waals surface area (Å²) in [4.78, 5) is 4.25. The smallest absolute Gasteiger partial charge is 0.137 e. The van der Waals surface area contributed by atoms with E-state index in [2.05, 4.69) is 16.4 Å². The Kier molecular flexibility index (Phi) is 3.48. The van der Waals surface area contributed by atoms with E-state index >= 15 is 0 Å². The molecule has 2 heterocycles. The van der Waals surface area contributed by atoms with Crippen molar-refractivity contribution >= 4 is 0 Å². The summed E-state index contributed by atoms with van der Waals surface area (Å²) in [5.74, 6) is 1.73. The minimum atomic E-state index is 0.280. The van der Waals surface area contributed by atoms with Crippen molar-refractivity contribution < 1.29 is 9.84 Å². The molecule has 2 unspecified atom stereocenters. The maximum Gasteiger partial charge on any atom is 0.137 e. The Hall–Kier alpha value is -1.13. The first-order chi connectivity index (χ1) is 8.86. The highest BCUT2D eigenvalue weighted by atomic mass is 16.5. The van der Waals surface area contributed by atoms with Crippen molar-refractivity contribution in [1.82, 2.24) is 10.3 Å². The zero-order valence-corrected chi connectivity index (χ0v) is 10.5. The van der Waals surface area contributed by atoms with Crippen LogP contribution in [0.15, 0.2) is 18.5 Å². The summed E-state index contributed by atoms with van der Waals surface area (Å²) >= 11 is 0. The van der Waals surface area contributed by atoms with E-state index < -0.39 is 0 Å². The molecule has 2 aliphatic rings. The van der Waals surface area contributed by atoms with Crippen molar-refractivity contribution in [2.45, 2.75) is 31.2 Å². The molecule has 0 aromatic carbocycles. The van der Waals surface area contributed by atoms with Crippen LogP contribution >= 0.6 is 0 Å². The third kappa shape index (κ3) is 2.35. The number of nitrogens with one attached hydrogen (secondary N) is 1. The van der Waals surface area contributed by atoms with Crippen LogP contribution in [0.25, 0.3) is 0 Å². The number of nitrogens with zero attached hydrogens (tertiary/aromatic N) is 1. The van der Waals surface area contributed by atoms with E-state index in [-0.39, 0.29) is 6.61 Å². The van der Waals surface area contributed by atoms with Crippen molar-refractivity contribution in [2.75, 3.05) is 19.8 Å². The monoisotopic (exact) mass is 248 g/mol. The molecule has 1 aliphatic carbocycles. The molecule has 1 saturated heterocycles. The van der Waals surface area contributed by atoms with Crippen LogP contribution in [-0.4, -0.2) is 35.9 Å². The Morgan fingerprint density at radius 1 is 1.33 bits per heavy atom. The van der Waals surface area contributed by atoms with E-state index in [1.165, 1.54) is 12.0 Å². The van der Waals surface area contributed by atoms with E-state index in [4.69, 9.17) is 4.74 Å². The molecule has 0 spiro atoms. The van der Waals surface area contributed by atoms with Gasteiger partial charge in [0, 0.05) is 18.8 Å². The predicted octanol–water partition coefficient (Wildman–Crippen LogP) is 1.31. The molecule has 98 valence electrons. The Morgan fingerprint density at radius 3 is 2.83 bits per heavy atom. The van der Waals surface area contributed by atoms with Gasteiger partial charge in [0.05, 0.1) is 6.20 Å². The van der Waals surface area contributed by atoms with Gasteiger partial charge in [0.25, 0.3) is 0 Å². The molecule has 3 atom stereocenters. The lowest BCUT2D eigenvalue weighted by molar-refractivity contribution is 0.135. The van der Waals surface area contributed by atoms with E-state index in [9.17, 15) is 5.11 Å². The number of aromatic nitrogens is 1. The Balaban J connectivity index is 1.61. The number of aliphatic hydroxyl groups excluding tert-OH is 1. The Bertz CT molecular complexity index is 405. The second-order valence-corrected chi connectivity index (χ2v) is 5.33. The second-order valence-electron chi connectivity index (χ2n) is 5.33. The molecule has 1 aromatic heterocycles. The third-order valence-electron chi connectivity index (χ3n) is 4.19. The van der Waals surface area contributed by atoms with Crippen LogP contribution in [-0.2, 0) is 0 Å². The van der Waals surface area contributed by atoms with Gasteiger partial charge in [-0.15, -0.1) is 0 Å². The lowest BCUT2D eigenvalue weighted by Gasteiger charge is -2.35. The number of aliphatic hydroxyl groups is 1. The third-order valence-corrected chi connectivity index (χ3v) is 4.19. The van der Waals surface area contributed by atoms with Crippen LogP contribution in [0, 0.1) is 5.92 Å². The normalized spacial score (nSPS) is 30.4. The first-order valence-electron chi connectivity index (χ1n) is 6.79. The topological polar surface area (TPSA) is 54.4 Å². The molecule has 1 aliphatic heterocycles. The molecular formula is C14H20N2O2. The molecular weight excluding hydrogens is 228 g/mol. The molecule has 2 fully saturated rings. The predicted molar refractivity (Wildman–Crippen MR) is 68.7 cm³/mol. The minimum absolute atomic E-state index is 0.280. The molecule has 4 nitrogen and oxygen atoms in total. The average Bonchev–Trinajstić information content (AvgIpc) is 2.27. The van der Waals surface area contributed by atoms with Gasteiger partial charge in [-0.3, -0.25) is 4.98 Å². The maximum atomic E-state index is 9.24. The van der Waals surface area contributed by atoms with Crippen molar-refractivity contribution in [1.29, 1.82) is 0 Å². The van der Waals surface area contributed by atoms with Gasteiger partial charge in [0.15, 0.2) is 0 Å². The highest BCUT2D eigenvalue weighted by Gasteiger charge is 2.31. The number of hydrogen-bond donors (Lipinski definition) is 2. The quantitative estimate of drug-likeness (QED) is 0.825. The fraction of sp³-hybridized carbons (Fsp3) is 0.643. The molecule has 0 amide bonds. The SMILES string of the molecule is OCC1CCC1c1cncc(OC[C@@H]2CCN2)c1. The average molecular weight is 248 g/mol. The fourth-order valence-corrected chi connectivity index (χ4v) is 2.63. The summed E-state index contributed by atoms with van der Waals surface area (Å²) in [5, 5.41) is 12.6. The van der Waals surface area contributed by atoms with E-state index in [1.807, 2.05) is 6.20 Å². The van der Waals surface area contributed by atoms with Crippen LogP contribution < -0.4 is 10.1 Å². The lowest BCUT2D eigenvalue weighted by atomic mass is 9.71. The summed E-state index contributed by atoms with van der Waals surface area (Å²) in [5.41, 5.74) is 1.21. The minimum Gasteiger partial charge on any atom is -0.490 e. The number of rotatable bonds is 5. The van der Waals surface area contributed by atoms with Crippen LogP contribution in [0.3, 0.4) is 0 Å². The molecule has 3 rings (SSSR count). The van der Waals surface area contributed by atoms with Crippen LogP contribution in [0.2, 0.25) is 0 Å². The van der Waals surface area contributed by atoms with Crippen LogP contribution in [0.1, 0.15) is 30.7 Å². The maximum absolute atomic E-state index is 9.24. The van der Waals surface area contributed by atoms with Crippen LogP contribution in [0.5, 0.6) is 5.75 Å². The summed E-state index contributed by atoms with van der Waals surface area (Å²) in [7, 11) is 0. The van der Waals surface area contributed by atoms with Gasteiger partial charge in [-0.1, -0.05) is 0 Å². The molecule has 18 heavy (non-hydrogen) atoms. The van der Waals surface area contributed by atoms with Gasteiger partial charge >= 0.3 is 0 Å². The van der Waals surface area contributed by atoms with Crippen molar-refractivity contribution in [2.24, 2.45) is 5.92 Å². The van der Waals surface area contributed by atoms with Gasteiger partial charge in [-0.25, -0.2) is 0 Å². The lowest BCUT2D eigenvalue weighted by Crippen LogP contribution is -2.46. The molecule has 1 aromatic rings. The Morgan fingerprint density at radius 2 is 2.22 bits per heavy atom. The van der Waals surface area contributed by atoms with E-state index in [0.717, 1.165) is 31.7 Å². The molecule has 4 heteroatoms. The Labute approximate surface area is 107 Å². The summed E-state index contributed by atoms with van der Waals surface area (Å²) in [6.07, 6.45) is 7.15. The van der Waals surface area contributed by atoms with Crippen LogP contribution in [0.4, 0.5) is 0 Å². The van der Waals surface area contributed by atoms with Gasteiger partial charge in [-0.2, -0.15) is 0 Å². The highest BCUT2D eigenvalue weighted by Crippen LogP contribution is 2.42. The fourth-order valence-electron chi connectivity index (χ4n) is 2.63. The first kappa shape index (κ1) is 11.9. The van der Waals surface area contributed by atoms with E-state index in [0.29, 0.717) is 17.9 Å².